The van der Waals surface area contributed by atoms with Crippen LogP contribution >= 0.6 is 23.2 Å². The summed E-state index contributed by atoms with van der Waals surface area (Å²) in [5.74, 6) is -0.0967. The molecule has 0 bridgehead atoms. The SMILES string of the molecule is NCCCC1NC(CNC(=O)c2ccc(Cl)c(Cl)c2)CCN(CC(c2ccccc2)c2ccccc2)C1=O. The molecule has 38 heavy (non-hydrogen) atoms. The van der Waals surface area contributed by atoms with Crippen molar-refractivity contribution in [2.45, 2.75) is 37.3 Å². The van der Waals surface area contributed by atoms with E-state index in [0.717, 1.165) is 6.42 Å². The maximum atomic E-state index is 13.7. The molecule has 1 heterocycles. The van der Waals surface area contributed by atoms with E-state index in [2.05, 4.69) is 34.9 Å². The molecule has 6 nitrogen and oxygen atoms in total. The number of carbonyl (C=O) groups excluding carboxylic acids is 2. The van der Waals surface area contributed by atoms with E-state index in [9.17, 15) is 9.59 Å². The van der Waals surface area contributed by atoms with E-state index in [4.69, 9.17) is 28.9 Å². The first-order valence-corrected chi connectivity index (χ1v) is 13.8. The van der Waals surface area contributed by atoms with Crippen molar-refractivity contribution in [3.63, 3.8) is 0 Å². The monoisotopic (exact) mass is 552 g/mol. The summed E-state index contributed by atoms with van der Waals surface area (Å²) in [6, 6.07) is 25.0. The number of carbonyl (C=O) groups is 2. The molecule has 4 rings (SSSR count). The van der Waals surface area contributed by atoms with E-state index < -0.39 is 0 Å². The van der Waals surface area contributed by atoms with E-state index in [1.807, 2.05) is 41.3 Å². The van der Waals surface area contributed by atoms with Crippen molar-refractivity contribution in [1.82, 2.24) is 15.5 Å². The Labute approximate surface area is 234 Å². The zero-order valence-electron chi connectivity index (χ0n) is 21.3. The average Bonchev–Trinajstić information content (AvgIpc) is 3.09. The van der Waals surface area contributed by atoms with Crippen molar-refractivity contribution in [2.24, 2.45) is 5.73 Å². The minimum absolute atomic E-state index is 0.0578. The van der Waals surface area contributed by atoms with Gasteiger partial charge in [-0.2, -0.15) is 0 Å². The van der Waals surface area contributed by atoms with E-state index in [-0.39, 0.29) is 29.8 Å². The van der Waals surface area contributed by atoms with Crippen molar-refractivity contribution in [2.75, 3.05) is 26.2 Å². The summed E-state index contributed by atoms with van der Waals surface area (Å²) in [6.07, 6.45) is 2.09. The third-order valence-corrected chi connectivity index (χ3v) is 7.73. The molecule has 3 aromatic rings. The Morgan fingerprint density at radius 1 is 1.00 bits per heavy atom. The molecule has 8 heteroatoms. The summed E-state index contributed by atoms with van der Waals surface area (Å²) >= 11 is 12.1. The van der Waals surface area contributed by atoms with Crippen LogP contribution in [0.2, 0.25) is 10.0 Å². The van der Waals surface area contributed by atoms with Gasteiger partial charge in [-0.15, -0.1) is 0 Å². The van der Waals surface area contributed by atoms with Gasteiger partial charge in [0.1, 0.15) is 0 Å². The molecule has 0 saturated carbocycles. The number of halogens is 2. The summed E-state index contributed by atoms with van der Waals surface area (Å²) in [5, 5.41) is 7.22. The average molecular weight is 554 g/mol. The van der Waals surface area contributed by atoms with Gasteiger partial charge in [0.15, 0.2) is 0 Å². The molecule has 2 amide bonds. The summed E-state index contributed by atoms with van der Waals surface area (Å²) in [7, 11) is 0. The lowest BCUT2D eigenvalue weighted by Crippen LogP contribution is -2.49. The lowest BCUT2D eigenvalue weighted by atomic mass is 9.90. The van der Waals surface area contributed by atoms with Crippen LogP contribution in [0, 0.1) is 0 Å². The fourth-order valence-corrected chi connectivity index (χ4v) is 5.20. The molecule has 0 aromatic heterocycles. The number of nitrogens with zero attached hydrogens (tertiary/aromatic N) is 1. The van der Waals surface area contributed by atoms with Crippen LogP contribution in [0.25, 0.3) is 0 Å². The first-order valence-electron chi connectivity index (χ1n) is 13.0. The van der Waals surface area contributed by atoms with Crippen LogP contribution in [-0.2, 0) is 4.79 Å². The molecule has 0 spiro atoms. The van der Waals surface area contributed by atoms with Gasteiger partial charge in [0, 0.05) is 37.2 Å². The molecular weight excluding hydrogens is 519 g/mol. The summed E-state index contributed by atoms with van der Waals surface area (Å²) in [5.41, 5.74) is 8.58. The van der Waals surface area contributed by atoms with Crippen LogP contribution in [0.15, 0.2) is 78.9 Å². The molecule has 2 atom stereocenters. The van der Waals surface area contributed by atoms with Crippen LogP contribution in [0.5, 0.6) is 0 Å². The number of nitrogens with two attached hydrogens (primary N) is 1. The van der Waals surface area contributed by atoms with Crippen LogP contribution in [0.3, 0.4) is 0 Å². The molecule has 200 valence electrons. The van der Waals surface area contributed by atoms with Gasteiger partial charge in [-0.3, -0.25) is 9.59 Å². The molecule has 2 unspecified atom stereocenters. The standard InChI is InChI=1S/C30H34Cl2N4O2/c31-26-14-13-23(18-27(26)32)29(37)34-19-24-15-17-36(30(38)28(35-24)12-7-16-33)20-25(21-8-3-1-4-9-21)22-10-5-2-6-11-22/h1-6,8-11,13-14,18,24-25,28,35H,7,12,15-17,19-20,33H2,(H,34,37). The molecular formula is C30H34Cl2N4O2. The number of nitrogens with one attached hydrogen (secondary N) is 2. The highest BCUT2D eigenvalue weighted by atomic mass is 35.5. The Morgan fingerprint density at radius 3 is 2.26 bits per heavy atom. The molecule has 4 N–H and O–H groups in total. The van der Waals surface area contributed by atoms with E-state index in [1.165, 1.54) is 11.1 Å². The molecule has 1 aliphatic heterocycles. The molecule has 3 aromatic carbocycles. The van der Waals surface area contributed by atoms with Gasteiger partial charge in [0.05, 0.1) is 16.1 Å². The van der Waals surface area contributed by atoms with Gasteiger partial charge < -0.3 is 21.3 Å². The summed E-state index contributed by atoms with van der Waals surface area (Å²) in [6.45, 7) is 2.07. The second-order valence-electron chi connectivity index (χ2n) is 9.63. The summed E-state index contributed by atoms with van der Waals surface area (Å²) in [4.78, 5) is 28.4. The third-order valence-electron chi connectivity index (χ3n) is 6.99. The van der Waals surface area contributed by atoms with Gasteiger partial charge >= 0.3 is 0 Å². The topological polar surface area (TPSA) is 87.5 Å². The van der Waals surface area contributed by atoms with Gasteiger partial charge in [-0.1, -0.05) is 83.9 Å². The van der Waals surface area contributed by atoms with Crippen LogP contribution in [0.4, 0.5) is 0 Å². The number of hydrogen-bond donors (Lipinski definition) is 3. The Kier molecular flexibility index (Phi) is 10.2. The molecule has 0 aliphatic carbocycles. The number of amides is 2. The maximum Gasteiger partial charge on any atom is 0.251 e. The Hall–Kier alpha value is -2.90. The van der Waals surface area contributed by atoms with Crippen LogP contribution in [-0.4, -0.2) is 55.0 Å². The number of benzene rings is 3. The first kappa shape index (κ1) is 28.1. The third kappa shape index (κ3) is 7.35. The second kappa shape index (κ2) is 13.8. The van der Waals surface area contributed by atoms with Crippen molar-refractivity contribution >= 4 is 35.0 Å². The Morgan fingerprint density at radius 2 is 1.66 bits per heavy atom. The van der Waals surface area contributed by atoms with E-state index in [0.29, 0.717) is 54.6 Å². The van der Waals surface area contributed by atoms with Gasteiger partial charge in [-0.05, 0) is 55.1 Å². The van der Waals surface area contributed by atoms with Crippen LogP contribution < -0.4 is 16.4 Å². The van der Waals surface area contributed by atoms with Gasteiger partial charge in [0.2, 0.25) is 5.91 Å². The first-order chi connectivity index (χ1) is 18.5. The predicted octanol–water partition coefficient (Wildman–Crippen LogP) is 4.85. The number of rotatable bonds is 10. The smallest absolute Gasteiger partial charge is 0.251 e. The number of hydrogen-bond acceptors (Lipinski definition) is 4. The molecule has 1 fully saturated rings. The predicted molar refractivity (Wildman–Crippen MR) is 154 cm³/mol. The molecule has 1 saturated heterocycles. The minimum Gasteiger partial charge on any atom is -0.350 e. The largest absolute Gasteiger partial charge is 0.350 e. The van der Waals surface area contributed by atoms with Gasteiger partial charge in [0.25, 0.3) is 5.91 Å². The normalized spacial score (nSPS) is 17.9. The zero-order valence-corrected chi connectivity index (χ0v) is 22.8. The highest BCUT2D eigenvalue weighted by Gasteiger charge is 2.32. The van der Waals surface area contributed by atoms with E-state index >= 15 is 0 Å². The zero-order chi connectivity index (χ0) is 26.9. The Bertz CT molecular complexity index is 1170. The Balaban J connectivity index is 1.49. The second-order valence-corrected chi connectivity index (χ2v) is 10.4. The molecule has 0 radical (unpaired) electrons. The van der Waals surface area contributed by atoms with Crippen molar-refractivity contribution in [3.05, 3.63) is 106 Å². The van der Waals surface area contributed by atoms with Gasteiger partial charge in [-0.25, -0.2) is 0 Å². The van der Waals surface area contributed by atoms with Crippen molar-refractivity contribution in [1.29, 1.82) is 0 Å². The van der Waals surface area contributed by atoms with Crippen molar-refractivity contribution < 1.29 is 9.59 Å². The lowest BCUT2D eigenvalue weighted by Gasteiger charge is -2.29. The molecule has 1 aliphatic rings. The highest BCUT2D eigenvalue weighted by molar-refractivity contribution is 6.42. The summed E-state index contributed by atoms with van der Waals surface area (Å²) < 4.78 is 0. The lowest BCUT2D eigenvalue weighted by molar-refractivity contribution is -0.133. The fraction of sp³-hybridized carbons (Fsp3) is 0.333. The quantitative estimate of drug-likeness (QED) is 0.335. The fourth-order valence-electron chi connectivity index (χ4n) is 4.90. The minimum atomic E-state index is -0.361. The maximum absolute atomic E-state index is 13.7. The van der Waals surface area contributed by atoms with E-state index in [1.54, 1.807) is 18.2 Å². The van der Waals surface area contributed by atoms with Crippen LogP contribution in [0.1, 0.15) is 46.7 Å². The van der Waals surface area contributed by atoms with Crippen molar-refractivity contribution in [3.8, 4) is 0 Å². The highest BCUT2D eigenvalue weighted by Crippen LogP contribution is 2.27.